The molecule has 0 bridgehead atoms. The number of hydrogen-bond acceptors (Lipinski definition) is 4. The van der Waals surface area contributed by atoms with Crippen molar-refractivity contribution in [2.45, 2.75) is 44.9 Å². The molecular weight excluding hydrogens is 324 g/mol. The highest BCUT2D eigenvalue weighted by atomic mass is 19.3. The summed E-state index contributed by atoms with van der Waals surface area (Å²) in [4.78, 5) is 24.2. The molecule has 0 aromatic heterocycles. The lowest BCUT2D eigenvalue weighted by atomic mass is 10.0. The number of carbonyl (C=O) groups is 2. The quantitative estimate of drug-likeness (QED) is 0.821. The van der Waals surface area contributed by atoms with Crippen molar-refractivity contribution in [3.63, 3.8) is 0 Å². The Morgan fingerprint density at radius 3 is 2.62 bits per heavy atom. The molecule has 8 heteroatoms. The predicted molar refractivity (Wildman–Crippen MR) is 80.0 cm³/mol. The van der Waals surface area contributed by atoms with Gasteiger partial charge in [-0.25, -0.2) is 4.79 Å². The standard InChI is InChI=1S/C16H19F2NO5/c1-10(11-2-4-12(5-3-11)23-15(17)18)19-9-8-13(24-16(19)22)6-7-14(20)21/h2-5,10,13,15H,6-9H2,1H3,(H,20,21). The van der Waals surface area contributed by atoms with Gasteiger partial charge in [-0.05, 0) is 31.0 Å². The number of nitrogens with zero attached hydrogens (tertiary/aromatic N) is 1. The molecule has 1 heterocycles. The van der Waals surface area contributed by atoms with Crippen molar-refractivity contribution in [3.05, 3.63) is 29.8 Å². The Hall–Kier alpha value is -2.38. The zero-order chi connectivity index (χ0) is 17.7. The number of aliphatic carboxylic acids is 1. The van der Waals surface area contributed by atoms with Crippen LogP contribution in [0.5, 0.6) is 5.75 Å². The number of carboxylic acid groups (broad SMARTS) is 1. The van der Waals surface area contributed by atoms with Crippen molar-refractivity contribution >= 4 is 12.1 Å². The average molecular weight is 343 g/mol. The summed E-state index contributed by atoms with van der Waals surface area (Å²) in [5, 5.41) is 8.67. The number of carbonyl (C=O) groups excluding carboxylic acids is 1. The summed E-state index contributed by atoms with van der Waals surface area (Å²) in [6.07, 6.45) is -0.0891. The molecule has 1 fully saturated rings. The molecule has 1 N–H and O–H groups in total. The van der Waals surface area contributed by atoms with Crippen LogP contribution in [0.4, 0.5) is 13.6 Å². The van der Waals surface area contributed by atoms with Gasteiger partial charge in [0, 0.05) is 19.4 Å². The number of halogens is 2. The minimum atomic E-state index is -2.88. The number of ether oxygens (including phenoxy) is 2. The van der Waals surface area contributed by atoms with Gasteiger partial charge in [-0.3, -0.25) is 4.79 Å². The van der Waals surface area contributed by atoms with Crippen LogP contribution in [0.15, 0.2) is 24.3 Å². The largest absolute Gasteiger partial charge is 0.481 e. The number of amides is 1. The number of rotatable bonds is 7. The number of cyclic esters (lactones) is 1. The molecule has 132 valence electrons. The van der Waals surface area contributed by atoms with Gasteiger partial charge in [0.25, 0.3) is 0 Å². The smallest absolute Gasteiger partial charge is 0.410 e. The molecule has 0 spiro atoms. The monoisotopic (exact) mass is 343 g/mol. The lowest BCUT2D eigenvalue weighted by Gasteiger charge is -2.35. The van der Waals surface area contributed by atoms with E-state index in [9.17, 15) is 18.4 Å². The van der Waals surface area contributed by atoms with Crippen molar-refractivity contribution in [3.8, 4) is 5.75 Å². The molecule has 1 aliphatic rings. The number of benzene rings is 1. The highest BCUT2D eigenvalue weighted by Crippen LogP contribution is 2.27. The van der Waals surface area contributed by atoms with Crippen LogP contribution >= 0.6 is 0 Å². The first kappa shape index (κ1) is 18.0. The Morgan fingerprint density at radius 1 is 1.42 bits per heavy atom. The molecule has 1 aromatic carbocycles. The SMILES string of the molecule is CC(c1ccc(OC(F)F)cc1)N1CCC(CCC(=O)O)OC1=O. The second-order valence-electron chi connectivity index (χ2n) is 5.54. The van der Waals surface area contributed by atoms with Crippen molar-refractivity contribution in [1.29, 1.82) is 0 Å². The van der Waals surface area contributed by atoms with Crippen molar-refractivity contribution in [2.75, 3.05) is 6.54 Å². The Balaban J connectivity index is 1.94. The predicted octanol–water partition coefficient (Wildman–Crippen LogP) is 3.42. The van der Waals surface area contributed by atoms with E-state index in [4.69, 9.17) is 9.84 Å². The van der Waals surface area contributed by atoms with E-state index in [2.05, 4.69) is 4.74 Å². The van der Waals surface area contributed by atoms with Crippen LogP contribution < -0.4 is 4.74 Å². The van der Waals surface area contributed by atoms with E-state index in [1.165, 1.54) is 17.0 Å². The molecule has 1 saturated heterocycles. The molecule has 2 unspecified atom stereocenters. The van der Waals surface area contributed by atoms with Crippen molar-refractivity contribution in [2.24, 2.45) is 0 Å². The number of hydrogen-bond donors (Lipinski definition) is 1. The van der Waals surface area contributed by atoms with Gasteiger partial charge in [0.1, 0.15) is 11.9 Å². The van der Waals surface area contributed by atoms with Crippen LogP contribution in [0.1, 0.15) is 37.8 Å². The fraction of sp³-hybridized carbons (Fsp3) is 0.500. The van der Waals surface area contributed by atoms with Gasteiger partial charge >= 0.3 is 18.7 Å². The fourth-order valence-corrected chi connectivity index (χ4v) is 2.59. The van der Waals surface area contributed by atoms with Crippen LogP contribution in [0, 0.1) is 0 Å². The summed E-state index contributed by atoms with van der Waals surface area (Å²) < 4.78 is 33.8. The van der Waals surface area contributed by atoms with Crippen molar-refractivity contribution in [1.82, 2.24) is 4.90 Å². The topological polar surface area (TPSA) is 76.1 Å². The molecule has 2 rings (SSSR count). The first-order valence-corrected chi connectivity index (χ1v) is 7.60. The normalized spacial score (nSPS) is 19.1. The number of alkyl halides is 2. The summed E-state index contributed by atoms with van der Waals surface area (Å²) in [6, 6.07) is 5.78. The van der Waals surface area contributed by atoms with E-state index >= 15 is 0 Å². The van der Waals surface area contributed by atoms with Gasteiger partial charge in [-0.2, -0.15) is 8.78 Å². The summed E-state index contributed by atoms with van der Waals surface area (Å²) in [7, 11) is 0. The Kier molecular flexibility index (Phi) is 5.94. The highest BCUT2D eigenvalue weighted by molar-refractivity contribution is 5.70. The third-order valence-electron chi connectivity index (χ3n) is 3.93. The first-order chi connectivity index (χ1) is 11.4. The summed E-state index contributed by atoms with van der Waals surface area (Å²) in [5.41, 5.74) is 0.762. The van der Waals surface area contributed by atoms with E-state index in [0.717, 1.165) is 5.56 Å². The summed E-state index contributed by atoms with van der Waals surface area (Å²) in [5.74, 6) is -0.871. The molecule has 24 heavy (non-hydrogen) atoms. The van der Waals surface area contributed by atoms with Crippen LogP contribution in [-0.4, -0.2) is 41.3 Å². The van der Waals surface area contributed by atoms with E-state index in [1.54, 1.807) is 12.1 Å². The zero-order valence-electron chi connectivity index (χ0n) is 13.2. The molecule has 1 amide bonds. The zero-order valence-corrected chi connectivity index (χ0v) is 13.2. The molecule has 1 aromatic rings. The first-order valence-electron chi connectivity index (χ1n) is 7.60. The Labute approximate surface area is 138 Å². The molecular formula is C16H19F2NO5. The second kappa shape index (κ2) is 7.94. The summed E-state index contributed by atoms with van der Waals surface area (Å²) >= 11 is 0. The molecule has 0 aliphatic carbocycles. The third-order valence-corrected chi connectivity index (χ3v) is 3.93. The molecule has 1 aliphatic heterocycles. The van der Waals surface area contributed by atoms with Crippen LogP contribution in [0.25, 0.3) is 0 Å². The van der Waals surface area contributed by atoms with E-state index in [1.807, 2.05) is 6.92 Å². The lowest BCUT2D eigenvalue weighted by Crippen LogP contribution is -2.43. The van der Waals surface area contributed by atoms with Gasteiger partial charge in [-0.15, -0.1) is 0 Å². The Bertz CT molecular complexity index is 578. The number of carboxylic acids is 1. The van der Waals surface area contributed by atoms with Crippen LogP contribution in [0.3, 0.4) is 0 Å². The van der Waals surface area contributed by atoms with Crippen LogP contribution in [-0.2, 0) is 9.53 Å². The molecule has 0 radical (unpaired) electrons. The fourth-order valence-electron chi connectivity index (χ4n) is 2.59. The van der Waals surface area contributed by atoms with Crippen LogP contribution in [0.2, 0.25) is 0 Å². The summed E-state index contributed by atoms with van der Waals surface area (Å²) in [6.45, 7) is -0.630. The molecule has 2 atom stereocenters. The molecule has 6 nitrogen and oxygen atoms in total. The minimum Gasteiger partial charge on any atom is -0.481 e. The van der Waals surface area contributed by atoms with Gasteiger partial charge in [0.15, 0.2) is 0 Å². The minimum absolute atomic E-state index is 0.0426. The highest BCUT2D eigenvalue weighted by Gasteiger charge is 2.31. The van der Waals surface area contributed by atoms with Crippen molar-refractivity contribution < 1.29 is 33.0 Å². The Morgan fingerprint density at radius 2 is 2.08 bits per heavy atom. The maximum Gasteiger partial charge on any atom is 0.410 e. The van der Waals surface area contributed by atoms with Gasteiger partial charge in [-0.1, -0.05) is 12.1 Å². The second-order valence-corrected chi connectivity index (χ2v) is 5.54. The molecule has 0 saturated carbocycles. The van der Waals surface area contributed by atoms with Gasteiger partial charge in [0.05, 0.1) is 6.04 Å². The van der Waals surface area contributed by atoms with E-state index in [0.29, 0.717) is 19.4 Å². The van der Waals surface area contributed by atoms with E-state index < -0.39 is 18.7 Å². The average Bonchev–Trinajstić information content (AvgIpc) is 2.52. The van der Waals surface area contributed by atoms with Gasteiger partial charge < -0.3 is 19.5 Å². The third kappa shape index (κ3) is 4.81. The van der Waals surface area contributed by atoms with Gasteiger partial charge in [0.2, 0.25) is 0 Å². The maximum atomic E-state index is 12.1. The van der Waals surface area contributed by atoms with E-state index in [-0.39, 0.29) is 24.3 Å². The lowest BCUT2D eigenvalue weighted by molar-refractivity contribution is -0.137. The maximum absolute atomic E-state index is 12.1.